The number of ether oxygens (including phenoxy) is 1. The topological polar surface area (TPSA) is 75.7 Å². The third kappa shape index (κ3) is 4.54. The number of halogens is 1. The number of fused-ring (bicyclic) bond motifs is 1. The van der Waals surface area contributed by atoms with E-state index < -0.39 is 16.1 Å². The van der Waals surface area contributed by atoms with E-state index in [1.165, 1.54) is 4.31 Å². The van der Waals surface area contributed by atoms with Crippen LogP contribution in [0.15, 0.2) is 42.5 Å². The van der Waals surface area contributed by atoms with Crippen molar-refractivity contribution in [3.05, 3.63) is 58.6 Å². The number of hydrogen-bond donors (Lipinski definition) is 1. The Morgan fingerprint density at radius 1 is 1.30 bits per heavy atom. The Hall–Kier alpha value is -2.25. The van der Waals surface area contributed by atoms with Gasteiger partial charge in [0, 0.05) is 24.5 Å². The fourth-order valence-corrected chi connectivity index (χ4v) is 4.10. The second-order valence-corrected chi connectivity index (χ2v) is 8.82. The smallest absolute Gasteiger partial charge is 0.261 e. The lowest BCUT2D eigenvalue weighted by molar-refractivity contribution is -0.128. The molecule has 0 bridgehead atoms. The highest BCUT2D eigenvalue weighted by Gasteiger charge is 2.31. The molecule has 0 aliphatic carbocycles. The van der Waals surface area contributed by atoms with Crippen molar-refractivity contribution >= 4 is 33.2 Å². The SMILES string of the molecule is Cc1ccc2c(c1)N(S(C)(=O)=O)CCC(C(=O)NCc1ccccc1Cl)O2. The Balaban J connectivity index is 1.79. The van der Waals surface area contributed by atoms with E-state index in [9.17, 15) is 13.2 Å². The quantitative estimate of drug-likeness (QED) is 0.844. The number of carbonyl (C=O) groups excluding carboxylic acids is 1. The predicted octanol–water partition coefficient (Wildman–Crippen LogP) is 2.88. The van der Waals surface area contributed by atoms with Gasteiger partial charge < -0.3 is 10.1 Å². The number of amides is 1. The van der Waals surface area contributed by atoms with E-state index in [0.29, 0.717) is 16.5 Å². The van der Waals surface area contributed by atoms with Gasteiger partial charge in [0.2, 0.25) is 10.0 Å². The van der Waals surface area contributed by atoms with Crippen molar-refractivity contribution in [1.29, 1.82) is 0 Å². The van der Waals surface area contributed by atoms with Crippen LogP contribution in [0.1, 0.15) is 17.5 Å². The van der Waals surface area contributed by atoms with Gasteiger partial charge in [0.15, 0.2) is 6.10 Å². The monoisotopic (exact) mass is 408 g/mol. The molecule has 1 amide bonds. The highest BCUT2D eigenvalue weighted by atomic mass is 35.5. The Bertz CT molecular complexity index is 962. The van der Waals surface area contributed by atoms with Gasteiger partial charge in [-0.15, -0.1) is 0 Å². The zero-order valence-corrected chi connectivity index (χ0v) is 16.7. The molecule has 1 aliphatic rings. The number of sulfonamides is 1. The zero-order valence-electron chi connectivity index (χ0n) is 15.1. The summed E-state index contributed by atoms with van der Waals surface area (Å²) in [5.41, 5.74) is 2.17. The summed E-state index contributed by atoms with van der Waals surface area (Å²) in [5, 5.41) is 3.39. The number of hydrogen-bond acceptors (Lipinski definition) is 4. The number of nitrogens with zero attached hydrogens (tertiary/aromatic N) is 1. The Morgan fingerprint density at radius 3 is 2.74 bits per heavy atom. The van der Waals surface area contributed by atoms with Gasteiger partial charge in [-0.1, -0.05) is 35.9 Å². The maximum Gasteiger partial charge on any atom is 0.261 e. The van der Waals surface area contributed by atoms with Crippen LogP contribution >= 0.6 is 11.6 Å². The first-order chi connectivity index (χ1) is 12.8. The first-order valence-corrected chi connectivity index (χ1v) is 10.7. The summed E-state index contributed by atoms with van der Waals surface area (Å²) in [7, 11) is -3.49. The number of nitrogens with one attached hydrogen (secondary N) is 1. The summed E-state index contributed by atoms with van der Waals surface area (Å²) in [6.45, 7) is 2.31. The summed E-state index contributed by atoms with van der Waals surface area (Å²) in [6.07, 6.45) is 0.604. The van der Waals surface area contributed by atoms with E-state index in [1.807, 2.05) is 31.2 Å². The molecule has 2 aromatic carbocycles. The number of aryl methyl sites for hydroxylation is 1. The lowest BCUT2D eigenvalue weighted by Crippen LogP contribution is -2.39. The van der Waals surface area contributed by atoms with E-state index in [4.69, 9.17) is 16.3 Å². The van der Waals surface area contributed by atoms with E-state index in [-0.39, 0.29) is 25.4 Å². The number of carbonyl (C=O) groups is 1. The maximum atomic E-state index is 12.6. The van der Waals surface area contributed by atoms with Gasteiger partial charge in [-0.2, -0.15) is 0 Å². The third-order valence-corrected chi connectivity index (χ3v) is 5.90. The number of anilines is 1. The van der Waals surface area contributed by atoms with Crippen LogP contribution in [0.25, 0.3) is 0 Å². The van der Waals surface area contributed by atoms with Gasteiger partial charge in [0.1, 0.15) is 5.75 Å². The van der Waals surface area contributed by atoms with Crippen LogP contribution in [0, 0.1) is 6.92 Å². The first-order valence-electron chi connectivity index (χ1n) is 8.52. The average molecular weight is 409 g/mol. The number of benzene rings is 2. The predicted molar refractivity (Wildman–Crippen MR) is 106 cm³/mol. The summed E-state index contributed by atoms with van der Waals surface area (Å²) >= 11 is 6.11. The van der Waals surface area contributed by atoms with Crippen LogP contribution < -0.4 is 14.4 Å². The fourth-order valence-electron chi connectivity index (χ4n) is 2.96. The molecule has 0 fully saturated rings. The molecule has 0 saturated heterocycles. The van der Waals surface area contributed by atoms with Crippen LogP contribution in [0.4, 0.5) is 5.69 Å². The molecule has 1 atom stereocenters. The molecule has 0 saturated carbocycles. The lowest BCUT2D eigenvalue weighted by atomic mass is 10.2. The Kier molecular flexibility index (Phi) is 5.62. The fraction of sp³-hybridized carbons (Fsp3) is 0.316. The molecule has 3 rings (SSSR count). The zero-order chi connectivity index (χ0) is 19.6. The van der Waals surface area contributed by atoms with E-state index >= 15 is 0 Å². The molecule has 1 N–H and O–H groups in total. The van der Waals surface area contributed by atoms with Crippen molar-refractivity contribution in [2.45, 2.75) is 26.0 Å². The molecular formula is C19H21ClN2O4S. The van der Waals surface area contributed by atoms with Gasteiger partial charge in [0.25, 0.3) is 5.91 Å². The lowest BCUT2D eigenvalue weighted by Gasteiger charge is -2.21. The van der Waals surface area contributed by atoms with Crippen molar-refractivity contribution in [2.24, 2.45) is 0 Å². The molecule has 6 nitrogen and oxygen atoms in total. The van der Waals surface area contributed by atoms with Crippen molar-refractivity contribution in [1.82, 2.24) is 5.32 Å². The molecule has 1 heterocycles. The van der Waals surface area contributed by atoms with Crippen molar-refractivity contribution in [3.8, 4) is 5.75 Å². The molecule has 0 radical (unpaired) electrons. The van der Waals surface area contributed by atoms with Crippen molar-refractivity contribution in [2.75, 3.05) is 17.1 Å². The normalized spacial score (nSPS) is 16.9. The van der Waals surface area contributed by atoms with E-state index in [2.05, 4.69) is 5.32 Å². The second kappa shape index (κ2) is 7.78. The minimum atomic E-state index is -3.49. The molecule has 0 spiro atoms. The Labute approximate surface area is 164 Å². The van der Waals surface area contributed by atoms with Crippen molar-refractivity contribution < 1.29 is 17.9 Å². The second-order valence-electron chi connectivity index (χ2n) is 6.51. The van der Waals surface area contributed by atoms with E-state index in [0.717, 1.165) is 17.4 Å². The van der Waals surface area contributed by atoms with Crippen LogP contribution in [-0.2, 0) is 21.4 Å². The van der Waals surface area contributed by atoms with E-state index in [1.54, 1.807) is 18.2 Å². The minimum Gasteiger partial charge on any atom is -0.478 e. The standard InChI is InChI=1S/C19H21ClN2O4S/c1-13-7-8-17-16(11-13)22(27(2,24)25)10-9-18(26-17)19(23)21-12-14-5-3-4-6-15(14)20/h3-8,11,18H,9-10,12H2,1-2H3,(H,21,23). The van der Waals surface area contributed by atoms with Crippen LogP contribution in [-0.4, -0.2) is 33.2 Å². The van der Waals surface area contributed by atoms with Crippen LogP contribution in [0.3, 0.4) is 0 Å². The van der Waals surface area contributed by atoms with Gasteiger partial charge >= 0.3 is 0 Å². The highest BCUT2D eigenvalue weighted by Crippen LogP contribution is 2.35. The van der Waals surface area contributed by atoms with Crippen LogP contribution in [0.2, 0.25) is 5.02 Å². The Morgan fingerprint density at radius 2 is 2.04 bits per heavy atom. The minimum absolute atomic E-state index is 0.166. The summed E-state index contributed by atoms with van der Waals surface area (Å²) in [6, 6.07) is 12.5. The van der Waals surface area contributed by atoms with Gasteiger partial charge in [-0.3, -0.25) is 9.10 Å². The summed E-state index contributed by atoms with van der Waals surface area (Å²) in [4.78, 5) is 12.6. The van der Waals surface area contributed by atoms with Gasteiger partial charge in [-0.25, -0.2) is 8.42 Å². The summed E-state index contributed by atoms with van der Waals surface area (Å²) in [5.74, 6) is 0.0678. The highest BCUT2D eigenvalue weighted by molar-refractivity contribution is 7.92. The molecule has 1 aliphatic heterocycles. The van der Waals surface area contributed by atoms with Crippen molar-refractivity contribution in [3.63, 3.8) is 0 Å². The average Bonchev–Trinajstić information content (AvgIpc) is 2.80. The molecule has 0 aromatic heterocycles. The molecule has 1 unspecified atom stereocenters. The van der Waals surface area contributed by atoms with Gasteiger partial charge in [0.05, 0.1) is 11.9 Å². The van der Waals surface area contributed by atoms with Gasteiger partial charge in [-0.05, 0) is 36.2 Å². The number of rotatable bonds is 4. The maximum absolute atomic E-state index is 12.6. The van der Waals surface area contributed by atoms with Crippen LogP contribution in [0.5, 0.6) is 5.75 Å². The molecule has 8 heteroatoms. The third-order valence-electron chi connectivity index (χ3n) is 4.35. The molecule has 27 heavy (non-hydrogen) atoms. The largest absolute Gasteiger partial charge is 0.478 e. The first kappa shape index (κ1) is 19.5. The molecule has 144 valence electrons. The summed E-state index contributed by atoms with van der Waals surface area (Å²) < 4.78 is 31.5. The molecule has 2 aromatic rings. The molecular weight excluding hydrogens is 388 g/mol.